The lowest BCUT2D eigenvalue weighted by Crippen LogP contribution is -2.52. The Labute approximate surface area is 283 Å². The molecule has 2 fully saturated rings. The van der Waals surface area contributed by atoms with Crippen LogP contribution in [-0.2, 0) is 4.57 Å². The summed E-state index contributed by atoms with van der Waals surface area (Å²) in [4.78, 5) is 24.0. The highest BCUT2D eigenvalue weighted by Gasteiger charge is 2.31. The number of hydrogen-bond acceptors (Lipinski definition) is 10. The fourth-order valence-electron chi connectivity index (χ4n) is 6.78. The van der Waals surface area contributed by atoms with Crippen molar-refractivity contribution >= 4 is 64.5 Å². The maximum Gasteiger partial charge on any atom is 0.422 e. The first-order valence-electron chi connectivity index (χ1n) is 16.4. The summed E-state index contributed by atoms with van der Waals surface area (Å²) in [6.07, 6.45) is 0.800. The summed E-state index contributed by atoms with van der Waals surface area (Å²) >= 11 is 0. The SMILES string of the molecule is Cc1cc(Nc2nc(Nc3cnc4ccccc4c3[PH2]=O)c3cc[nH]c3n2)c(OCC(F)(F)F)cc1N1CCC(N2CCN(C)CC2)CC1. The van der Waals surface area contributed by atoms with E-state index in [1.54, 1.807) is 24.5 Å². The number of para-hydroxylation sites is 1. The second-order valence-corrected chi connectivity index (χ2v) is 13.5. The third kappa shape index (κ3) is 7.31. The van der Waals surface area contributed by atoms with Crippen LogP contribution in [0.4, 0.5) is 42.0 Å². The monoisotopic (exact) mass is 693 g/mol. The molecule has 5 aromatic rings. The van der Waals surface area contributed by atoms with Gasteiger partial charge in [-0.1, -0.05) is 18.2 Å². The number of rotatable bonds is 9. The van der Waals surface area contributed by atoms with Gasteiger partial charge in [-0.2, -0.15) is 23.1 Å². The number of nitrogens with one attached hydrogen (secondary N) is 3. The van der Waals surface area contributed by atoms with Crippen LogP contribution in [0.25, 0.3) is 21.9 Å². The first kappa shape index (κ1) is 33.1. The minimum Gasteiger partial charge on any atom is -0.482 e. The maximum atomic E-state index is 13.4. The molecule has 1 atom stereocenters. The number of piperidine rings is 1. The normalized spacial score (nSPS) is 17.0. The zero-order valence-corrected chi connectivity index (χ0v) is 28.5. The van der Waals surface area contributed by atoms with Crippen LogP contribution in [-0.4, -0.2) is 94.9 Å². The van der Waals surface area contributed by atoms with Gasteiger partial charge in [0.25, 0.3) is 0 Å². The van der Waals surface area contributed by atoms with Crippen molar-refractivity contribution in [3.05, 3.63) is 60.4 Å². The van der Waals surface area contributed by atoms with Crippen LogP contribution in [0.1, 0.15) is 18.4 Å². The molecule has 2 aromatic carbocycles. The quantitative estimate of drug-likeness (QED) is 0.163. The number of piperazine rings is 1. The number of benzene rings is 2. The van der Waals surface area contributed by atoms with Crippen LogP contribution in [0.2, 0.25) is 0 Å². The number of aromatic amines is 1. The van der Waals surface area contributed by atoms with E-state index in [9.17, 15) is 17.7 Å². The molecule has 5 heterocycles. The average molecular weight is 694 g/mol. The lowest BCUT2D eigenvalue weighted by Gasteiger charge is -2.43. The van der Waals surface area contributed by atoms with E-state index in [1.165, 1.54) is 0 Å². The summed E-state index contributed by atoms with van der Waals surface area (Å²) in [5.41, 5.74) is 3.82. The van der Waals surface area contributed by atoms with Gasteiger partial charge in [-0.15, -0.1) is 0 Å². The van der Waals surface area contributed by atoms with Crippen molar-refractivity contribution < 1.29 is 22.5 Å². The average Bonchev–Trinajstić information content (AvgIpc) is 3.57. The molecule has 7 rings (SSSR count). The Hall–Kier alpha value is -4.39. The Morgan fingerprint density at radius 2 is 1.76 bits per heavy atom. The fourth-order valence-corrected chi connectivity index (χ4v) is 7.43. The Morgan fingerprint density at radius 3 is 2.51 bits per heavy atom. The molecule has 2 aliphatic heterocycles. The minimum absolute atomic E-state index is 0.0554. The van der Waals surface area contributed by atoms with E-state index >= 15 is 0 Å². The van der Waals surface area contributed by atoms with Crippen molar-refractivity contribution in [2.45, 2.75) is 32.0 Å². The van der Waals surface area contributed by atoms with E-state index in [0.717, 1.165) is 74.3 Å². The molecule has 0 bridgehead atoms. The highest BCUT2D eigenvalue weighted by Crippen LogP contribution is 2.38. The Bertz CT molecular complexity index is 1970. The lowest BCUT2D eigenvalue weighted by molar-refractivity contribution is -0.153. The number of anilines is 5. The predicted molar refractivity (Wildman–Crippen MR) is 189 cm³/mol. The third-order valence-electron chi connectivity index (χ3n) is 9.40. The van der Waals surface area contributed by atoms with Gasteiger partial charge in [-0.25, -0.2) is 0 Å². The first-order chi connectivity index (χ1) is 23.6. The number of fused-ring (bicyclic) bond motifs is 2. The molecule has 2 aliphatic rings. The van der Waals surface area contributed by atoms with Crippen molar-refractivity contribution in [3.63, 3.8) is 0 Å². The maximum absolute atomic E-state index is 13.4. The van der Waals surface area contributed by atoms with Crippen molar-refractivity contribution in [1.29, 1.82) is 0 Å². The molecule has 0 spiro atoms. The molecular weight excluding hydrogens is 654 g/mol. The number of nitrogens with zero attached hydrogens (tertiary/aromatic N) is 6. The first-order valence-corrected chi connectivity index (χ1v) is 17.4. The highest BCUT2D eigenvalue weighted by atomic mass is 31.1. The largest absolute Gasteiger partial charge is 0.482 e. The molecule has 1 unspecified atom stereocenters. The second-order valence-electron chi connectivity index (χ2n) is 12.7. The molecule has 0 saturated carbocycles. The molecule has 15 heteroatoms. The van der Waals surface area contributed by atoms with Crippen LogP contribution < -0.4 is 25.6 Å². The van der Waals surface area contributed by atoms with Gasteiger partial charge < -0.3 is 34.7 Å². The van der Waals surface area contributed by atoms with Gasteiger partial charge in [-0.3, -0.25) is 9.88 Å². The van der Waals surface area contributed by atoms with Crippen LogP contribution >= 0.6 is 8.46 Å². The van der Waals surface area contributed by atoms with Gasteiger partial charge in [0.1, 0.15) is 17.2 Å². The van der Waals surface area contributed by atoms with Gasteiger partial charge >= 0.3 is 6.18 Å². The Balaban J connectivity index is 1.17. The van der Waals surface area contributed by atoms with Gasteiger partial charge in [0.05, 0.1) is 36.9 Å². The standard InChI is InChI=1S/C34H39F3N9O2P/c1-21-17-26(29(48-20-34(35,36)37)18-28(21)46-11-8-22(9-12-46)45-15-13-44(2)14-16-45)41-33-42-31-24(7-10-38-31)32(43-33)40-27-19-39-25-6-4-3-5-23(25)30(27)49-47/h3-7,10,17-19,22H,8-9,11-16,20,49H2,1-2H3,(H3,38,40,41,42,43). The summed E-state index contributed by atoms with van der Waals surface area (Å²) in [6, 6.07) is 13.3. The fraction of sp³-hybridized carbons (Fsp3) is 0.382. The van der Waals surface area contributed by atoms with Crippen LogP contribution in [0.15, 0.2) is 54.9 Å². The van der Waals surface area contributed by atoms with E-state index in [2.05, 4.69) is 47.3 Å². The number of aromatic nitrogens is 4. The lowest BCUT2D eigenvalue weighted by atomic mass is 10.0. The predicted octanol–water partition coefficient (Wildman–Crippen LogP) is 5.84. The molecule has 2 saturated heterocycles. The molecule has 3 aromatic heterocycles. The molecule has 49 heavy (non-hydrogen) atoms. The van der Waals surface area contributed by atoms with Crippen LogP contribution in [0.5, 0.6) is 5.75 Å². The van der Waals surface area contributed by atoms with Crippen molar-refractivity contribution in [1.82, 2.24) is 29.7 Å². The molecule has 0 aliphatic carbocycles. The number of pyridine rings is 1. The van der Waals surface area contributed by atoms with Crippen LogP contribution in [0.3, 0.4) is 0 Å². The topological polar surface area (TPSA) is 115 Å². The molecular formula is C34H39F3N9O2P. The summed E-state index contributed by atoms with van der Waals surface area (Å²) in [5.74, 6) is 0.605. The number of likely N-dealkylation sites (N-methyl/N-ethyl adjacent to an activating group) is 1. The second kappa shape index (κ2) is 13.9. The molecule has 3 N–H and O–H groups in total. The summed E-state index contributed by atoms with van der Waals surface area (Å²) in [7, 11) is 0.845. The minimum atomic E-state index is -4.52. The number of ether oxygens (including phenoxy) is 1. The molecule has 11 nitrogen and oxygen atoms in total. The number of halogens is 3. The van der Waals surface area contributed by atoms with E-state index in [4.69, 9.17) is 9.72 Å². The number of hydrogen-bond donors (Lipinski definition) is 3. The molecule has 0 amide bonds. The van der Waals surface area contributed by atoms with Crippen LogP contribution in [0, 0.1) is 6.92 Å². The molecule has 0 radical (unpaired) electrons. The number of aryl methyl sites for hydroxylation is 1. The van der Waals surface area contributed by atoms with Gasteiger partial charge in [-0.05, 0) is 50.6 Å². The third-order valence-corrected chi connectivity index (χ3v) is 10.3. The zero-order chi connectivity index (χ0) is 34.1. The number of alkyl halides is 3. The van der Waals surface area contributed by atoms with Gasteiger partial charge in [0.2, 0.25) is 5.95 Å². The zero-order valence-electron chi connectivity index (χ0n) is 27.3. The Morgan fingerprint density at radius 1 is 0.980 bits per heavy atom. The summed E-state index contributed by atoms with van der Waals surface area (Å²) < 4.78 is 58.0. The Kier molecular flexibility index (Phi) is 9.36. The number of H-pyrrole nitrogens is 1. The van der Waals surface area contributed by atoms with Gasteiger partial charge in [0, 0.05) is 74.0 Å². The van der Waals surface area contributed by atoms with Crippen molar-refractivity contribution in [2.75, 3.05) is 68.5 Å². The van der Waals surface area contributed by atoms with E-state index in [1.807, 2.05) is 37.3 Å². The van der Waals surface area contributed by atoms with E-state index in [0.29, 0.717) is 39.6 Å². The molecule has 258 valence electrons. The smallest absolute Gasteiger partial charge is 0.422 e. The summed E-state index contributed by atoms with van der Waals surface area (Å²) in [5, 5.41) is 8.48. The highest BCUT2D eigenvalue weighted by molar-refractivity contribution is 7.35. The summed E-state index contributed by atoms with van der Waals surface area (Å²) in [6.45, 7) is 6.37. The van der Waals surface area contributed by atoms with Crippen molar-refractivity contribution in [2.24, 2.45) is 0 Å². The van der Waals surface area contributed by atoms with E-state index in [-0.39, 0.29) is 11.7 Å². The van der Waals surface area contributed by atoms with Crippen molar-refractivity contribution in [3.8, 4) is 5.75 Å². The van der Waals surface area contributed by atoms with E-state index < -0.39 is 21.2 Å². The van der Waals surface area contributed by atoms with Gasteiger partial charge in [0.15, 0.2) is 6.61 Å².